The number of likely N-dealkylation sites (tertiary alicyclic amines) is 1. The number of piperidine rings is 1. The second kappa shape index (κ2) is 10.6. The molecule has 0 spiro atoms. The molecule has 0 bridgehead atoms. The molecule has 0 saturated carbocycles. The van der Waals surface area contributed by atoms with E-state index in [-0.39, 0.29) is 5.91 Å². The molecule has 1 fully saturated rings. The summed E-state index contributed by atoms with van der Waals surface area (Å²) in [5.41, 5.74) is 3.44. The Morgan fingerprint density at radius 1 is 1.06 bits per heavy atom. The van der Waals surface area contributed by atoms with Gasteiger partial charge in [-0.05, 0) is 79.7 Å². The molecule has 0 unspecified atom stereocenters. The molecule has 0 aliphatic carbocycles. The van der Waals surface area contributed by atoms with E-state index >= 15 is 0 Å². The molecule has 1 aromatic heterocycles. The molecule has 1 amide bonds. The average molecular weight is 437 g/mol. The van der Waals surface area contributed by atoms with Gasteiger partial charge in [-0.3, -0.25) is 9.69 Å². The highest BCUT2D eigenvalue weighted by Gasteiger charge is 2.20. The Bertz CT molecular complexity index is 981. The number of halogens is 1. The lowest BCUT2D eigenvalue weighted by Crippen LogP contribution is -2.33. The van der Waals surface area contributed by atoms with Crippen molar-refractivity contribution in [3.8, 4) is 5.69 Å². The maximum absolute atomic E-state index is 12.2. The van der Waals surface area contributed by atoms with E-state index in [2.05, 4.69) is 39.6 Å². The van der Waals surface area contributed by atoms with Gasteiger partial charge in [-0.2, -0.15) is 5.10 Å². The van der Waals surface area contributed by atoms with Crippen LogP contribution in [0.5, 0.6) is 0 Å². The average Bonchev–Trinajstić information content (AvgIpc) is 3.33. The van der Waals surface area contributed by atoms with Crippen LogP contribution in [-0.4, -0.2) is 33.7 Å². The second-order valence-corrected chi connectivity index (χ2v) is 8.72. The van der Waals surface area contributed by atoms with E-state index in [9.17, 15) is 4.79 Å². The van der Waals surface area contributed by atoms with Gasteiger partial charge in [0.15, 0.2) is 0 Å². The van der Waals surface area contributed by atoms with Gasteiger partial charge in [-0.15, -0.1) is 0 Å². The summed E-state index contributed by atoms with van der Waals surface area (Å²) in [5, 5.41) is 8.03. The van der Waals surface area contributed by atoms with Crippen molar-refractivity contribution in [2.75, 3.05) is 13.1 Å². The summed E-state index contributed by atoms with van der Waals surface area (Å²) in [4.78, 5) is 14.7. The molecule has 1 N–H and O–H groups in total. The van der Waals surface area contributed by atoms with Crippen molar-refractivity contribution in [2.24, 2.45) is 5.92 Å². The lowest BCUT2D eigenvalue weighted by atomic mass is 9.92. The van der Waals surface area contributed by atoms with Crippen molar-refractivity contribution in [2.45, 2.75) is 38.8 Å². The predicted octanol–water partition coefficient (Wildman–Crippen LogP) is 4.83. The molecule has 31 heavy (non-hydrogen) atoms. The maximum Gasteiger partial charge on any atom is 0.220 e. The van der Waals surface area contributed by atoms with E-state index in [1.165, 1.54) is 5.56 Å². The Morgan fingerprint density at radius 2 is 1.87 bits per heavy atom. The first-order valence-electron chi connectivity index (χ1n) is 11.0. The van der Waals surface area contributed by atoms with Crippen LogP contribution in [0.15, 0.2) is 67.0 Å². The topological polar surface area (TPSA) is 50.2 Å². The Kier molecular flexibility index (Phi) is 7.39. The highest BCUT2D eigenvalue weighted by atomic mass is 35.5. The lowest BCUT2D eigenvalue weighted by Gasteiger charge is -2.32. The number of carbonyl (C=O) groups is 1. The van der Waals surface area contributed by atoms with Crippen molar-refractivity contribution in [1.82, 2.24) is 20.0 Å². The van der Waals surface area contributed by atoms with Gasteiger partial charge < -0.3 is 5.32 Å². The van der Waals surface area contributed by atoms with Crippen LogP contribution in [0.25, 0.3) is 5.69 Å². The summed E-state index contributed by atoms with van der Waals surface area (Å²) < 4.78 is 1.90. The monoisotopic (exact) mass is 436 g/mol. The molecule has 0 radical (unpaired) electrons. The van der Waals surface area contributed by atoms with Gasteiger partial charge in [0, 0.05) is 36.9 Å². The van der Waals surface area contributed by atoms with E-state index in [0.29, 0.717) is 23.9 Å². The molecule has 162 valence electrons. The number of hydrogen-bond acceptors (Lipinski definition) is 3. The number of carbonyl (C=O) groups excluding carboxylic acids is 1. The SMILES string of the molecule is O=C(CCC1CCN(Cc2cccc(-n3cccn3)c2)CC1)NCc1cccc(Cl)c1. The van der Waals surface area contributed by atoms with Crippen molar-refractivity contribution >= 4 is 17.5 Å². The van der Waals surface area contributed by atoms with Crippen LogP contribution < -0.4 is 5.32 Å². The van der Waals surface area contributed by atoms with Crippen LogP contribution in [0.4, 0.5) is 0 Å². The van der Waals surface area contributed by atoms with Gasteiger partial charge >= 0.3 is 0 Å². The third-order valence-corrected chi connectivity index (χ3v) is 6.19. The molecular weight excluding hydrogens is 408 g/mol. The zero-order valence-electron chi connectivity index (χ0n) is 17.7. The third-order valence-electron chi connectivity index (χ3n) is 5.95. The lowest BCUT2D eigenvalue weighted by molar-refractivity contribution is -0.121. The van der Waals surface area contributed by atoms with E-state index in [0.717, 1.165) is 50.1 Å². The van der Waals surface area contributed by atoms with Gasteiger partial charge in [0.05, 0.1) is 5.69 Å². The van der Waals surface area contributed by atoms with Gasteiger partial charge in [0.25, 0.3) is 0 Å². The summed E-state index contributed by atoms with van der Waals surface area (Å²) in [6, 6.07) is 18.1. The molecule has 3 aromatic rings. The highest BCUT2D eigenvalue weighted by molar-refractivity contribution is 6.30. The number of amides is 1. The summed E-state index contributed by atoms with van der Waals surface area (Å²) in [6.45, 7) is 3.67. The standard InChI is InChI=1S/C25H29ClN4O/c26-23-6-1-4-21(16-23)18-27-25(31)9-8-20-10-14-29(15-11-20)19-22-5-2-7-24(17-22)30-13-3-12-28-30/h1-7,12-13,16-17,20H,8-11,14-15,18-19H2,(H,27,31). The fraction of sp³-hybridized carbons (Fsp3) is 0.360. The van der Waals surface area contributed by atoms with Crippen LogP contribution in [0, 0.1) is 5.92 Å². The Morgan fingerprint density at radius 3 is 2.65 bits per heavy atom. The number of nitrogens with zero attached hydrogens (tertiary/aromatic N) is 3. The Hall–Kier alpha value is -2.63. The number of benzene rings is 2. The van der Waals surface area contributed by atoms with Crippen molar-refractivity contribution in [3.05, 3.63) is 83.1 Å². The van der Waals surface area contributed by atoms with Crippen LogP contribution in [0.1, 0.15) is 36.8 Å². The fourth-order valence-corrected chi connectivity index (χ4v) is 4.39. The number of hydrogen-bond donors (Lipinski definition) is 1. The van der Waals surface area contributed by atoms with Crippen LogP contribution >= 0.6 is 11.6 Å². The number of aromatic nitrogens is 2. The zero-order chi connectivity index (χ0) is 21.5. The minimum Gasteiger partial charge on any atom is -0.352 e. The fourth-order valence-electron chi connectivity index (χ4n) is 4.18. The molecule has 5 nitrogen and oxygen atoms in total. The van der Waals surface area contributed by atoms with Gasteiger partial charge in [-0.1, -0.05) is 35.9 Å². The van der Waals surface area contributed by atoms with Crippen molar-refractivity contribution in [1.29, 1.82) is 0 Å². The van der Waals surface area contributed by atoms with Crippen molar-refractivity contribution < 1.29 is 4.79 Å². The van der Waals surface area contributed by atoms with E-state index in [1.54, 1.807) is 6.20 Å². The van der Waals surface area contributed by atoms with Gasteiger partial charge in [0.1, 0.15) is 0 Å². The minimum absolute atomic E-state index is 0.123. The summed E-state index contributed by atoms with van der Waals surface area (Å²) in [5.74, 6) is 0.751. The summed E-state index contributed by atoms with van der Waals surface area (Å²) in [7, 11) is 0. The highest BCUT2D eigenvalue weighted by Crippen LogP contribution is 2.23. The molecule has 2 heterocycles. The maximum atomic E-state index is 12.2. The first kappa shape index (κ1) is 21.6. The molecule has 6 heteroatoms. The number of rotatable bonds is 8. The van der Waals surface area contributed by atoms with Crippen LogP contribution in [0.3, 0.4) is 0 Å². The van der Waals surface area contributed by atoms with Gasteiger partial charge in [0.2, 0.25) is 5.91 Å². The number of nitrogens with one attached hydrogen (secondary N) is 1. The molecule has 1 saturated heterocycles. The molecule has 4 rings (SSSR count). The normalized spacial score (nSPS) is 15.1. The largest absolute Gasteiger partial charge is 0.352 e. The minimum atomic E-state index is 0.123. The molecule has 2 aromatic carbocycles. The van der Waals surface area contributed by atoms with Crippen molar-refractivity contribution in [3.63, 3.8) is 0 Å². The summed E-state index contributed by atoms with van der Waals surface area (Å²) in [6.07, 6.45) is 7.63. The van der Waals surface area contributed by atoms with Crippen LogP contribution in [0.2, 0.25) is 5.02 Å². The van der Waals surface area contributed by atoms with Crippen LogP contribution in [-0.2, 0) is 17.9 Å². The first-order valence-corrected chi connectivity index (χ1v) is 11.4. The molecule has 1 aliphatic rings. The zero-order valence-corrected chi connectivity index (χ0v) is 18.5. The molecule has 1 aliphatic heterocycles. The smallest absolute Gasteiger partial charge is 0.220 e. The Balaban J connectivity index is 1.17. The van der Waals surface area contributed by atoms with E-state index in [4.69, 9.17) is 11.6 Å². The first-order chi connectivity index (χ1) is 15.2. The van der Waals surface area contributed by atoms with Gasteiger partial charge in [-0.25, -0.2) is 4.68 Å². The predicted molar refractivity (Wildman–Crippen MR) is 124 cm³/mol. The Labute approximate surface area is 189 Å². The molecular formula is C25H29ClN4O. The third kappa shape index (κ3) is 6.42. The summed E-state index contributed by atoms with van der Waals surface area (Å²) >= 11 is 6.00. The van der Waals surface area contributed by atoms with E-state index in [1.807, 2.05) is 41.2 Å². The van der Waals surface area contributed by atoms with E-state index < -0.39 is 0 Å². The second-order valence-electron chi connectivity index (χ2n) is 8.29. The molecule has 0 atom stereocenters. The quantitative estimate of drug-likeness (QED) is 0.550.